The van der Waals surface area contributed by atoms with E-state index in [9.17, 15) is 9.59 Å². The van der Waals surface area contributed by atoms with Gasteiger partial charge in [0.25, 0.3) is 0 Å². The van der Waals surface area contributed by atoms with Gasteiger partial charge in [-0.15, -0.1) is 0 Å². The third-order valence-corrected chi connectivity index (χ3v) is 5.55. The monoisotopic (exact) mass is 355 g/mol. The predicted molar refractivity (Wildman–Crippen MR) is 95.5 cm³/mol. The molecule has 0 radical (unpaired) electrons. The van der Waals surface area contributed by atoms with Crippen LogP contribution in [0.25, 0.3) is 0 Å². The first kappa shape index (κ1) is 20.0. The van der Waals surface area contributed by atoms with E-state index in [-0.39, 0.29) is 17.5 Å². The van der Waals surface area contributed by atoms with Crippen molar-refractivity contribution in [3.8, 4) is 0 Å². The third-order valence-electron chi connectivity index (χ3n) is 5.55. The van der Waals surface area contributed by atoms with Crippen LogP contribution in [0.1, 0.15) is 39.0 Å². The molecule has 0 aromatic carbocycles. The number of methoxy groups -OCH3 is 1. The molecule has 1 unspecified atom stereocenters. The minimum Gasteiger partial charge on any atom is -0.449 e. The van der Waals surface area contributed by atoms with Crippen molar-refractivity contribution in [2.45, 2.75) is 44.6 Å². The Bertz CT molecular complexity index is 460. The second-order valence-corrected chi connectivity index (χ2v) is 7.16. The Morgan fingerprint density at radius 3 is 2.72 bits per heavy atom. The third kappa shape index (κ3) is 5.07. The maximum absolute atomic E-state index is 12.4. The molecule has 2 amide bonds. The molecule has 0 saturated carbocycles. The van der Waals surface area contributed by atoms with Gasteiger partial charge in [0.05, 0.1) is 13.2 Å². The number of likely N-dealkylation sites (tertiary alicyclic amines) is 1. The van der Waals surface area contributed by atoms with Crippen molar-refractivity contribution in [1.82, 2.24) is 14.7 Å². The van der Waals surface area contributed by atoms with Crippen molar-refractivity contribution in [2.24, 2.45) is 0 Å². The standard InChI is InChI=1S/C18H33N3O4/c1-4-5-13-25-17(23)21-11-10-19(2)18(15-21)7-6-16(22)20(9-8-18)12-14-24-3/h4-15H2,1-3H3. The molecule has 2 saturated heterocycles. The molecule has 2 rings (SSSR count). The Labute approximate surface area is 151 Å². The number of unbranched alkanes of at least 4 members (excludes halogenated alkanes) is 1. The first-order valence-corrected chi connectivity index (χ1v) is 9.42. The summed E-state index contributed by atoms with van der Waals surface area (Å²) in [6, 6.07) is 0. The average molecular weight is 355 g/mol. The molecule has 1 spiro atoms. The summed E-state index contributed by atoms with van der Waals surface area (Å²) in [6.07, 6.45) is 3.87. The first-order valence-electron chi connectivity index (χ1n) is 9.42. The number of hydrogen-bond acceptors (Lipinski definition) is 5. The summed E-state index contributed by atoms with van der Waals surface area (Å²) < 4.78 is 10.5. The largest absolute Gasteiger partial charge is 0.449 e. The lowest BCUT2D eigenvalue weighted by molar-refractivity contribution is -0.131. The Balaban J connectivity index is 1.99. The second kappa shape index (κ2) is 9.38. The molecular weight excluding hydrogens is 322 g/mol. The lowest BCUT2D eigenvalue weighted by Gasteiger charge is -2.48. The maximum atomic E-state index is 12.4. The number of rotatable bonds is 6. The highest BCUT2D eigenvalue weighted by Gasteiger charge is 2.43. The van der Waals surface area contributed by atoms with Gasteiger partial charge in [-0.05, 0) is 26.3 Å². The highest BCUT2D eigenvalue weighted by molar-refractivity contribution is 5.76. The SMILES string of the molecule is CCCCOC(=O)N1CCN(C)C2(CCC(=O)N(CCOC)CC2)C1. The van der Waals surface area contributed by atoms with Gasteiger partial charge >= 0.3 is 6.09 Å². The van der Waals surface area contributed by atoms with Gasteiger partial charge in [-0.1, -0.05) is 13.3 Å². The molecule has 2 heterocycles. The number of nitrogens with zero attached hydrogens (tertiary/aromatic N) is 3. The Morgan fingerprint density at radius 2 is 2.00 bits per heavy atom. The number of amides is 2. The van der Waals surface area contributed by atoms with Crippen LogP contribution in [0.15, 0.2) is 0 Å². The van der Waals surface area contributed by atoms with Gasteiger partial charge in [0, 0.05) is 51.8 Å². The van der Waals surface area contributed by atoms with Gasteiger partial charge in [-0.3, -0.25) is 9.69 Å². The minimum absolute atomic E-state index is 0.139. The van der Waals surface area contributed by atoms with Crippen molar-refractivity contribution in [2.75, 3.05) is 60.1 Å². The summed E-state index contributed by atoms with van der Waals surface area (Å²) in [7, 11) is 3.76. The lowest BCUT2D eigenvalue weighted by Crippen LogP contribution is -2.62. The summed E-state index contributed by atoms with van der Waals surface area (Å²) in [5.74, 6) is 0.185. The van der Waals surface area contributed by atoms with Crippen LogP contribution in [0.2, 0.25) is 0 Å². The van der Waals surface area contributed by atoms with Gasteiger partial charge in [0.1, 0.15) is 0 Å². The van der Waals surface area contributed by atoms with E-state index in [1.807, 2.05) is 9.80 Å². The molecule has 0 aromatic rings. The number of likely N-dealkylation sites (N-methyl/N-ethyl adjacent to an activating group) is 1. The molecule has 7 nitrogen and oxygen atoms in total. The number of hydrogen-bond donors (Lipinski definition) is 0. The molecule has 2 fully saturated rings. The molecule has 144 valence electrons. The van der Waals surface area contributed by atoms with E-state index in [1.54, 1.807) is 7.11 Å². The molecule has 2 aliphatic rings. The molecule has 0 bridgehead atoms. The van der Waals surface area contributed by atoms with Crippen LogP contribution in [-0.2, 0) is 14.3 Å². The van der Waals surface area contributed by atoms with E-state index >= 15 is 0 Å². The quantitative estimate of drug-likeness (QED) is 0.677. The van der Waals surface area contributed by atoms with Crippen molar-refractivity contribution in [3.05, 3.63) is 0 Å². The van der Waals surface area contributed by atoms with Crippen molar-refractivity contribution >= 4 is 12.0 Å². The summed E-state index contributed by atoms with van der Waals surface area (Å²) >= 11 is 0. The number of piperazine rings is 1. The minimum atomic E-state index is -0.215. The Hall–Kier alpha value is -1.34. The van der Waals surface area contributed by atoms with E-state index in [4.69, 9.17) is 9.47 Å². The molecule has 0 aromatic heterocycles. The highest BCUT2D eigenvalue weighted by atomic mass is 16.6. The van der Waals surface area contributed by atoms with E-state index < -0.39 is 0 Å². The maximum Gasteiger partial charge on any atom is 0.409 e. The summed E-state index contributed by atoms with van der Waals surface area (Å²) in [5.41, 5.74) is -0.139. The summed E-state index contributed by atoms with van der Waals surface area (Å²) in [4.78, 5) is 30.8. The fourth-order valence-corrected chi connectivity index (χ4v) is 3.68. The summed E-state index contributed by atoms with van der Waals surface area (Å²) in [5, 5.41) is 0. The fraction of sp³-hybridized carbons (Fsp3) is 0.889. The van der Waals surface area contributed by atoms with Crippen LogP contribution in [0.3, 0.4) is 0 Å². The number of carbonyl (C=O) groups excluding carboxylic acids is 2. The van der Waals surface area contributed by atoms with E-state index in [2.05, 4.69) is 18.9 Å². The van der Waals surface area contributed by atoms with Gasteiger partial charge in [0.15, 0.2) is 0 Å². The number of carbonyl (C=O) groups is 2. The first-order chi connectivity index (χ1) is 12.0. The molecule has 7 heteroatoms. The van der Waals surface area contributed by atoms with E-state index in [1.165, 1.54) is 0 Å². The average Bonchev–Trinajstić information content (AvgIpc) is 2.76. The fourth-order valence-electron chi connectivity index (χ4n) is 3.68. The van der Waals surface area contributed by atoms with Crippen LogP contribution < -0.4 is 0 Å². The Kier molecular flexibility index (Phi) is 7.50. The predicted octanol–water partition coefficient (Wildman–Crippen LogP) is 1.57. The molecule has 2 aliphatic heterocycles. The zero-order valence-corrected chi connectivity index (χ0v) is 16.0. The normalized spacial score (nSPS) is 25.3. The molecule has 0 aliphatic carbocycles. The summed E-state index contributed by atoms with van der Waals surface area (Å²) in [6.45, 7) is 6.61. The van der Waals surface area contributed by atoms with Gasteiger partial charge in [0.2, 0.25) is 5.91 Å². The molecule has 25 heavy (non-hydrogen) atoms. The number of ether oxygens (including phenoxy) is 2. The van der Waals surface area contributed by atoms with Crippen LogP contribution >= 0.6 is 0 Å². The zero-order chi connectivity index (χ0) is 18.3. The van der Waals surface area contributed by atoms with Crippen molar-refractivity contribution in [3.63, 3.8) is 0 Å². The molecule has 0 N–H and O–H groups in total. The zero-order valence-electron chi connectivity index (χ0n) is 16.0. The molecular formula is C18H33N3O4. The van der Waals surface area contributed by atoms with Crippen molar-refractivity contribution in [1.29, 1.82) is 0 Å². The topological polar surface area (TPSA) is 62.3 Å². The highest BCUT2D eigenvalue weighted by Crippen LogP contribution is 2.32. The van der Waals surface area contributed by atoms with Crippen molar-refractivity contribution < 1.29 is 19.1 Å². The van der Waals surface area contributed by atoms with Crippen LogP contribution in [0, 0.1) is 0 Å². The lowest BCUT2D eigenvalue weighted by atomic mass is 9.86. The van der Waals surface area contributed by atoms with Gasteiger partial charge in [-0.25, -0.2) is 4.79 Å². The second-order valence-electron chi connectivity index (χ2n) is 7.16. The van der Waals surface area contributed by atoms with Crippen LogP contribution in [-0.4, -0.2) is 92.3 Å². The van der Waals surface area contributed by atoms with E-state index in [0.29, 0.717) is 45.8 Å². The van der Waals surface area contributed by atoms with Gasteiger partial charge in [-0.2, -0.15) is 0 Å². The van der Waals surface area contributed by atoms with E-state index in [0.717, 1.165) is 32.2 Å². The molecule has 1 atom stereocenters. The smallest absolute Gasteiger partial charge is 0.409 e. The van der Waals surface area contributed by atoms with Crippen LogP contribution in [0.5, 0.6) is 0 Å². The Morgan fingerprint density at radius 1 is 1.20 bits per heavy atom. The van der Waals surface area contributed by atoms with Crippen LogP contribution in [0.4, 0.5) is 4.79 Å². The van der Waals surface area contributed by atoms with Gasteiger partial charge < -0.3 is 19.3 Å².